The first-order chi connectivity index (χ1) is 13.4. The van der Waals surface area contributed by atoms with Gasteiger partial charge in [0.05, 0.1) is 23.5 Å². The molecule has 1 aliphatic heterocycles. The van der Waals surface area contributed by atoms with E-state index in [1.165, 1.54) is 61.3 Å². The summed E-state index contributed by atoms with van der Waals surface area (Å²) in [4.78, 5) is 38.1. The number of rotatable bonds is 6. The number of carbonyl (C=O) groups excluding carboxylic acids is 3. The summed E-state index contributed by atoms with van der Waals surface area (Å²) in [6.45, 7) is 4.12. The molecule has 28 heavy (non-hydrogen) atoms. The first kappa shape index (κ1) is 19.8. The maximum Gasteiger partial charge on any atom is 0.333 e. The van der Waals surface area contributed by atoms with E-state index in [0.717, 1.165) is 17.8 Å². The molecule has 1 heterocycles. The van der Waals surface area contributed by atoms with Crippen LogP contribution in [0.5, 0.6) is 0 Å². The van der Waals surface area contributed by atoms with Crippen molar-refractivity contribution < 1.29 is 19.1 Å². The number of amides is 2. The van der Waals surface area contributed by atoms with E-state index in [-0.39, 0.29) is 42.2 Å². The summed E-state index contributed by atoms with van der Waals surface area (Å²) in [7, 11) is 0. The van der Waals surface area contributed by atoms with E-state index in [2.05, 4.69) is 12.2 Å². The summed E-state index contributed by atoms with van der Waals surface area (Å²) in [6.07, 6.45) is 9.13. The van der Waals surface area contributed by atoms with Crippen molar-refractivity contribution in [3.8, 4) is 0 Å². The summed E-state index contributed by atoms with van der Waals surface area (Å²) in [5.74, 6) is 1.99. The van der Waals surface area contributed by atoms with E-state index >= 15 is 0 Å². The molecule has 0 aromatic rings. The van der Waals surface area contributed by atoms with Crippen LogP contribution in [0.25, 0.3) is 0 Å². The molecule has 1 N–H and O–H groups in total. The molecular formula is C21H30N2O4S. The molecule has 154 valence electrons. The third kappa shape index (κ3) is 3.82. The standard InChI is InChI=1S/C21H30N2O4S/c1-3-27-20(26)7-19-23(18(25)12-28-19)11-17(24)22-13(2)21-8-14-4-15(9-21)6-16(5-14)10-21/h7,13-16H,3-6,8-12H2,1-2H3,(H,22,24). The smallest absolute Gasteiger partial charge is 0.333 e. The molecule has 4 saturated carbocycles. The molecule has 0 radical (unpaired) electrons. The van der Waals surface area contributed by atoms with Crippen molar-refractivity contribution in [3.05, 3.63) is 11.1 Å². The number of hydrogen-bond donors (Lipinski definition) is 1. The van der Waals surface area contributed by atoms with Gasteiger partial charge in [0.2, 0.25) is 11.8 Å². The van der Waals surface area contributed by atoms with Crippen molar-refractivity contribution in [2.24, 2.45) is 23.2 Å². The minimum Gasteiger partial charge on any atom is -0.463 e. The Morgan fingerprint density at radius 2 is 1.86 bits per heavy atom. The molecule has 0 spiro atoms. The number of thioether (sulfide) groups is 1. The zero-order valence-electron chi connectivity index (χ0n) is 16.7. The Labute approximate surface area is 170 Å². The van der Waals surface area contributed by atoms with Crippen molar-refractivity contribution >= 4 is 29.5 Å². The number of ether oxygens (including phenoxy) is 1. The largest absolute Gasteiger partial charge is 0.463 e. The van der Waals surface area contributed by atoms with Crippen LogP contribution >= 0.6 is 11.8 Å². The summed E-state index contributed by atoms with van der Waals surface area (Å²) in [6, 6.07) is 0.122. The number of carbonyl (C=O) groups is 3. The third-order valence-electron chi connectivity index (χ3n) is 7.12. The van der Waals surface area contributed by atoms with Crippen LogP contribution in [0.3, 0.4) is 0 Å². The van der Waals surface area contributed by atoms with Crippen LogP contribution in [0.2, 0.25) is 0 Å². The lowest BCUT2D eigenvalue weighted by Crippen LogP contribution is -2.56. The van der Waals surface area contributed by atoms with Gasteiger partial charge in [0, 0.05) is 6.04 Å². The average Bonchev–Trinajstić information content (AvgIpc) is 2.94. The molecule has 5 aliphatic rings. The summed E-state index contributed by atoms with van der Waals surface area (Å²) < 4.78 is 4.93. The summed E-state index contributed by atoms with van der Waals surface area (Å²) in [5, 5.41) is 3.70. The van der Waals surface area contributed by atoms with Gasteiger partial charge in [-0.1, -0.05) is 11.8 Å². The van der Waals surface area contributed by atoms with Crippen LogP contribution in [-0.2, 0) is 19.1 Å². The van der Waals surface area contributed by atoms with Gasteiger partial charge in [-0.25, -0.2) is 4.79 Å². The number of nitrogens with one attached hydrogen (secondary N) is 1. The maximum atomic E-state index is 12.7. The molecule has 1 saturated heterocycles. The Balaban J connectivity index is 1.38. The molecule has 2 amide bonds. The average molecular weight is 407 g/mol. The Morgan fingerprint density at radius 1 is 1.25 bits per heavy atom. The second kappa shape index (κ2) is 7.73. The fourth-order valence-corrected chi connectivity index (χ4v) is 7.21. The lowest BCUT2D eigenvalue weighted by Gasteiger charge is -2.59. The quantitative estimate of drug-likeness (QED) is 0.542. The van der Waals surface area contributed by atoms with E-state index in [9.17, 15) is 14.4 Å². The Morgan fingerprint density at radius 3 is 2.43 bits per heavy atom. The number of hydrogen-bond acceptors (Lipinski definition) is 5. The van der Waals surface area contributed by atoms with Gasteiger partial charge in [-0.3, -0.25) is 14.5 Å². The first-order valence-electron chi connectivity index (χ1n) is 10.5. The number of esters is 1. The summed E-state index contributed by atoms with van der Waals surface area (Å²) >= 11 is 1.28. The monoisotopic (exact) mass is 406 g/mol. The highest BCUT2D eigenvalue weighted by Crippen LogP contribution is 2.61. The van der Waals surface area contributed by atoms with Crippen molar-refractivity contribution in [3.63, 3.8) is 0 Å². The van der Waals surface area contributed by atoms with Crippen LogP contribution in [0.4, 0.5) is 0 Å². The van der Waals surface area contributed by atoms with Gasteiger partial charge in [-0.15, -0.1) is 0 Å². The Kier molecular flexibility index (Phi) is 5.47. The number of nitrogens with zero attached hydrogens (tertiary/aromatic N) is 1. The second-order valence-electron chi connectivity index (χ2n) is 9.07. The SMILES string of the molecule is CCOC(=O)C=C1SCC(=O)N1CC(=O)NC(C)C12CC3CC(CC(C3)C1)C2. The second-order valence-corrected chi connectivity index (χ2v) is 10.1. The van der Waals surface area contributed by atoms with Crippen LogP contribution in [0.15, 0.2) is 11.1 Å². The highest BCUT2D eigenvalue weighted by molar-refractivity contribution is 8.04. The molecule has 4 bridgehead atoms. The molecule has 4 aliphatic carbocycles. The van der Waals surface area contributed by atoms with Gasteiger partial charge in [-0.2, -0.15) is 0 Å². The predicted octanol–water partition coefficient (Wildman–Crippen LogP) is 2.69. The van der Waals surface area contributed by atoms with Crippen LogP contribution in [0.1, 0.15) is 52.4 Å². The van der Waals surface area contributed by atoms with Gasteiger partial charge in [0.1, 0.15) is 6.54 Å². The van der Waals surface area contributed by atoms with E-state index in [1.54, 1.807) is 6.92 Å². The van der Waals surface area contributed by atoms with Gasteiger partial charge < -0.3 is 10.1 Å². The predicted molar refractivity (Wildman–Crippen MR) is 107 cm³/mol. The van der Waals surface area contributed by atoms with E-state index in [4.69, 9.17) is 4.74 Å². The summed E-state index contributed by atoms with van der Waals surface area (Å²) in [5.41, 5.74) is 0.234. The molecule has 7 heteroatoms. The molecule has 0 aromatic heterocycles. The first-order valence-corrected chi connectivity index (χ1v) is 11.5. The topological polar surface area (TPSA) is 75.7 Å². The lowest BCUT2D eigenvalue weighted by atomic mass is 9.48. The fraction of sp³-hybridized carbons (Fsp3) is 0.762. The highest BCUT2D eigenvalue weighted by atomic mass is 32.2. The molecule has 6 nitrogen and oxygen atoms in total. The fourth-order valence-electron chi connectivity index (χ4n) is 6.28. The van der Waals surface area contributed by atoms with Gasteiger partial charge >= 0.3 is 5.97 Å². The molecule has 0 aromatic carbocycles. The Hall–Kier alpha value is -1.50. The highest BCUT2D eigenvalue weighted by Gasteiger charge is 2.53. The molecule has 1 unspecified atom stereocenters. The van der Waals surface area contributed by atoms with Crippen LogP contribution in [-0.4, -0.2) is 47.6 Å². The van der Waals surface area contributed by atoms with Gasteiger partial charge in [0.15, 0.2) is 0 Å². The third-order valence-corrected chi connectivity index (χ3v) is 8.15. The zero-order valence-corrected chi connectivity index (χ0v) is 17.6. The normalized spacial score (nSPS) is 36.1. The molecule has 5 rings (SSSR count). The Bertz CT molecular complexity index is 669. The van der Waals surface area contributed by atoms with Gasteiger partial charge in [0.25, 0.3) is 0 Å². The minimum absolute atomic E-state index is 0.0340. The van der Waals surface area contributed by atoms with Crippen molar-refractivity contribution in [2.75, 3.05) is 18.9 Å². The maximum absolute atomic E-state index is 12.7. The lowest BCUT2D eigenvalue weighted by molar-refractivity contribution is -0.137. The molecular weight excluding hydrogens is 376 g/mol. The van der Waals surface area contributed by atoms with Crippen molar-refractivity contribution in [2.45, 2.75) is 58.4 Å². The van der Waals surface area contributed by atoms with E-state index in [0.29, 0.717) is 5.03 Å². The molecule has 5 fully saturated rings. The van der Waals surface area contributed by atoms with Crippen LogP contribution in [0, 0.1) is 23.2 Å². The minimum atomic E-state index is -0.480. The molecule has 1 atom stereocenters. The van der Waals surface area contributed by atoms with Gasteiger partial charge in [-0.05, 0) is 75.5 Å². The van der Waals surface area contributed by atoms with E-state index in [1.807, 2.05) is 0 Å². The van der Waals surface area contributed by atoms with Crippen molar-refractivity contribution in [1.82, 2.24) is 10.2 Å². The van der Waals surface area contributed by atoms with Crippen molar-refractivity contribution in [1.29, 1.82) is 0 Å². The van der Waals surface area contributed by atoms with Crippen LogP contribution < -0.4 is 5.32 Å². The zero-order chi connectivity index (χ0) is 19.9. The van der Waals surface area contributed by atoms with E-state index < -0.39 is 5.97 Å².